The standard InChI is InChI=1S/C22H17ClN2O4S/c1-25-17-4-2-3-5-20(17)30-22(25)16(12-24)19(27)13-29-21(28)11-10-18(26)14-6-8-15(23)9-7-14/h2-9H,10-11,13H2,1H3/b22-16-. The maximum Gasteiger partial charge on any atom is 0.306 e. The molecule has 1 aliphatic heterocycles. The molecule has 0 bridgehead atoms. The number of anilines is 1. The van der Waals surface area contributed by atoms with Crippen molar-refractivity contribution >= 4 is 46.6 Å². The second kappa shape index (κ2) is 9.61. The van der Waals surface area contributed by atoms with Gasteiger partial charge in [-0.05, 0) is 36.4 Å². The molecule has 0 N–H and O–H groups in total. The molecular formula is C22H17ClN2O4S. The third kappa shape index (κ3) is 4.90. The maximum absolute atomic E-state index is 12.5. The number of carbonyl (C=O) groups is 3. The smallest absolute Gasteiger partial charge is 0.306 e. The number of thioether (sulfide) groups is 1. The van der Waals surface area contributed by atoms with E-state index in [1.807, 2.05) is 30.3 Å². The first-order valence-electron chi connectivity index (χ1n) is 9.03. The van der Waals surface area contributed by atoms with E-state index in [2.05, 4.69) is 0 Å². The van der Waals surface area contributed by atoms with Crippen molar-refractivity contribution in [3.8, 4) is 6.07 Å². The molecule has 152 valence electrons. The van der Waals surface area contributed by atoms with Gasteiger partial charge in [0, 0.05) is 29.0 Å². The maximum atomic E-state index is 12.5. The summed E-state index contributed by atoms with van der Waals surface area (Å²) < 4.78 is 4.99. The molecule has 2 aromatic rings. The lowest BCUT2D eigenvalue weighted by atomic mass is 10.1. The molecule has 2 aromatic carbocycles. The first-order chi connectivity index (χ1) is 14.4. The Kier molecular flexibility index (Phi) is 6.93. The monoisotopic (exact) mass is 440 g/mol. The van der Waals surface area contributed by atoms with E-state index in [1.165, 1.54) is 11.8 Å². The fourth-order valence-electron chi connectivity index (χ4n) is 2.84. The van der Waals surface area contributed by atoms with Crippen molar-refractivity contribution < 1.29 is 19.1 Å². The van der Waals surface area contributed by atoms with Crippen LogP contribution in [0.5, 0.6) is 0 Å². The van der Waals surface area contributed by atoms with Crippen LogP contribution in [0.15, 0.2) is 64.0 Å². The zero-order valence-corrected chi connectivity index (χ0v) is 17.6. The molecule has 0 saturated heterocycles. The largest absolute Gasteiger partial charge is 0.457 e. The van der Waals surface area contributed by atoms with Crippen LogP contribution in [0.25, 0.3) is 0 Å². The number of benzene rings is 2. The number of nitriles is 1. The van der Waals surface area contributed by atoms with Crippen LogP contribution in [-0.4, -0.2) is 31.2 Å². The van der Waals surface area contributed by atoms with Crippen LogP contribution in [0.1, 0.15) is 23.2 Å². The minimum atomic E-state index is -0.677. The summed E-state index contributed by atoms with van der Waals surface area (Å²) in [5, 5.41) is 10.5. The van der Waals surface area contributed by atoms with E-state index in [0.717, 1.165) is 10.6 Å². The normalized spacial score (nSPS) is 14.0. The second-order valence-electron chi connectivity index (χ2n) is 6.43. The quantitative estimate of drug-likeness (QED) is 0.273. The summed E-state index contributed by atoms with van der Waals surface area (Å²) in [6.45, 7) is -0.550. The number of carbonyl (C=O) groups excluding carboxylic acids is 3. The zero-order valence-electron chi connectivity index (χ0n) is 16.1. The number of fused-ring (bicyclic) bond motifs is 1. The van der Waals surface area contributed by atoms with E-state index < -0.39 is 18.4 Å². The second-order valence-corrected chi connectivity index (χ2v) is 7.90. The minimum Gasteiger partial charge on any atom is -0.457 e. The Labute approximate surface area is 183 Å². The summed E-state index contributed by atoms with van der Waals surface area (Å²) in [5.41, 5.74) is 1.28. The number of ketones is 2. The molecule has 0 saturated carbocycles. The number of hydrogen-bond acceptors (Lipinski definition) is 7. The van der Waals surface area contributed by atoms with Crippen LogP contribution in [0.2, 0.25) is 5.02 Å². The average molecular weight is 441 g/mol. The van der Waals surface area contributed by atoms with Crippen LogP contribution in [0, 0.1) is 11.3 Å². The molecule has 0 fully saturated rings. The van der Waals surface area contributed by atoms with Gasteiger partial charge in [0.2, 0.25) is 5.78 Å². The summed E-state index contributed by atoms with van der Waals surface area (Å²) in [7, 11) is 1.77. The predicted molar refractivity (Wildman–Crippen MR) is 114 cm³/mol. The van der Waals surface area contributed by atoms with Crippen molar-refractivity contribution in [2.24, 2.45) is 0 Å². The summed E-state index contributed by atoms with van der Waals surface area (Å²) >= 11 is 7.11. The van der Waals surface area contributed by atoms with E-state index in [9.17, 15) is 19.6 Å². The Morgan fingerprint density at radius 2 is 1.80 bits per heavy atom. The van der Waals surface area contributed by atoms with Crippen LogP contribution in [0.3, 0.4) is 0 Å². The lowest BCUT2D eigenvalue weighted by Gasteiger charge is -2.14. The molecule has 30 heavy (non-hydrogen) atoms. The molecule has 0 aromatic heterocycles. The van der Waals surface area contributed by atoms with Gasteiger partial charge < -0.3 is 9.64 Å². The highest BCUT2D eigenvalue weighted by atomic mass is 35.5. The van der Waals surface area contributed by atoms with Gasteiger partial charge >= 0.3 is 5.97 Å². The van der Waals surface area contributed by atoms with Crippen molar-refractivity contribution in [1.82, 2.24) is 0 Å². The molecule has 0 atom stereocenters. The Bertz CT molecular complexity index is 1070. The van der Waals surface area contributed by atoms with Crippen LogP contribution in [0.4, 0.5) is 5.69 Å². The molecule has 0 aliphatic carbocycles. The van der Waals surface area contributed by atoms with Crippen LogP contribution in [-0.2, 0) is 14.3 Å². The Balaban J connectivity index is 1.55. The van der Waals surface area contributed by atoms with Gasteiger partial charge in [0.15, 0.2) is 12.4 Å². The highest BCUT2D eigenvalue weighted by Gasteiger charge is 2.28. The fourth-order valence-corrected chi connectivity index (χ4v) is 4.12. The van der Waals surface area contributed by atoms with Crippen molar-refractivity contribution in [3.05, 3.63) is 69.7 Å². The first kappa shape index (κ1) is 21.6. The average Bonchev–Trinajstić information content (AvgIpc) is 3.08. The lowest BCUT2D eigenvalue weighted by molar-refractivity contribution is -0.146. The lowest BCUT2D eigenvalue weighted by Crippen LogP contribution is -2.20. The molecule has 0 radical (unpaired) electrons. The van der Waals surface area contributed by atoms with Gasteiger partial charge in [0.05, 0.1) is 12.1 Å². The number of para-hydroxylation sites is 1. The van der Waals surface area contributed by atoms with Gasteiger partial charge in [0.1, 0.15) is 16.7 Å². The Morgan fingerprint density at radius 1 is 1.10 bits per heavy atom. The molecule has 8 heteroatoms. The summed E-state index contributed by atoms with van der Waals surface area (Å²) in [4.78, 5) is 39.2. The van der Waals surface area contributed by atoms with Gasteiger partial charge in [-0.25, -0.2) is 0 Å². The number of ether oxygens (including phenoxy) is 1. The number of hydrogen-bond donors (Lipinski definition) is 0. The Hall–Kier alpha value is -3.08. The van der Waals surface area contributed by atoms with E-state index in [0.29, 0.717) is 15.6 Å². The van der Waals surface area contributed by atoms with E-state index in [1.54, 1.807) is 36.2 Å². The van der Waals surface area contributed by atoms with E-state index >= 15 is 0 Å². The van der Waals surface area contributed by atoms with Crippen LogP contribution < -0.4 is 4.90 Å². The zero-order chi connectivity index (χ0) is 21.7. The van der Waals surface area contributed by atoms with E-state index in [4.69, 9.17) is 16.3 Å². The highest BCUT2D eigenvalue weighted by Crippen LogP contribution is 2.46. The number of Topliss-reactive ketones (excluding diaryl/α,β-unsaturated/α-hetero) is 2. The fraction of sp³-hybridized carbons (Fsp3) is 0.182. The number of halogens is 1. The number of esters is 1. The van der Waals surface area contributed by atoms with Crippen molar-refractivity contribution in [2.75, 3.05) is 18.6 Å². The summed E-state index contributed by atoms with van der Waals surface area (Å²) in [6, 6.07) is 15.8. The van der Waals surface area contributed by atoms with Gasteiger partial charge in [-0.15, -0.1) is 0 Å². The first-order valence-corrected chi connectivity index (χ1v) is 10.2. The van der Waals surface area contributed by atoms with E-state index in [-0.39, 0.29) is 24.2 Å². The third-order valence-corrected chi connectivity index (χ3v) is 5.92. The minimum absolute atomic E-state index is 0.0469. The molecule has 6 nitrogen and oxygen atoms in total. The predicted octanol–water partition coefficient (Wildman–Crippen LogP) is 4.39. The molecule has 1 aliphatic rings. The third-order valence-electron chi connectivity index (χ3n) is 4.43. The molecule has 3 rings (SSSR count). The van der Waals surface area contributed by atoms with Gasteiger partial charge in [-0.2, -0.15) is 5.26 Å². The Morgan fingerprint density at radius 3 is 2.47 bits per heavy atom. The molecule has 0 amide bonds. The van der Waals surface area contributed by atoms with Gasteiger partial charge in [-0.1, -0.05) is 35.5 Å². The van der Waals surface area contributed by atoms with Crippen molar-refractivity contribution in [2.45, 2.75) is 17.7 Å². The van der Waals surface area contributed by atoms with Crippen molar-refractivity contribution in [3.63, 3.8) is 0 Å². The van der Waals surface area contributed by atoms with Crippen molar-refractivity contribution in [1.29, 1.82) is 5.26 Å². The number of nitrogens with zero attached hydrogens (tertiary/aromatic N) is 2. The molecular weight excluding hydrogens is 424 g/mol. The summed E-state index contributed by atoms with van der Waals surface area (Å²) in [6.07, 6.45) is -0.206. The molecule has 0 spiro atoms. The van der Waals surface area contributed by atoms with Crippen LogP contribution >= 0.6 is 23.4 Å². The highest BCUT2D eigenvalue weighted by molar-refractivity contribution is 8.03. The number of rotatable bonds is 7. The van der Waals surface area contributed by atoms with Gasteiger partial charge in [0.25, 0.3) is 0 Å². The van der Waals surface area contributed by atoms with Gasteiger partial charge in [-0.3, -0.25) is 14.4 Å². The molecule has 1 heterocycles. The molecule has 0 unspecified atom stereocenters. The summed E-state index contributed by atoms with van der Waals surface area (Å²) in [5.74, 6) is -1.49. The SMILES string of the molecule is CN1/C(=C(\C#N)C(=O)COC(=O)CCC(=O)c2ccc(Cl)cc2)Sc2ccccc21. The topological polar surface area (TPSA) is 87.5 Å².